The molecule has 0 unspecified atom stereocenters. The molecule has 6 nitrogen and oxygen atoms in total. The largest absolute Gasteiger partial charge is 0.462 e. The van der Waals surface area contributed by atoms with Crippen LogP contribution in [0.2, 0.25) is 6.32 Å². The Morgan fingerprint density at radius 3 is 2.08 bits per heavy atom. The molecule has 0 atom stereocenters. The Labute approximate surface area is 147 Å². The van der Waals surface area contributed by atoms with Crippen LogP contribution in [0, 0.1) is 0 Å². The van der Waals surface area contributed by atoms with E-state index in [1.807, 2.05) is 41.7 Å². The molecule has 0 aliphatic carbocycles. The summed E-state index contributed by atoms with van der Waals surface area (Å²) in [5.74, 6) is 0.0437. The van der Waals surface area contributed by atoms with E-state index in [0.29, 0.717) is 19.4 Å². The molecule has 8 heteroatoms. The van der Waals surface area contributed by atoms with Gasteiger partial charge in [0.15, 0.2) is 0 Å². The van der Waals surface area contributed by atoms with Gasteiger partial charge in [0, 0.05) is 32.5 Å². The first-order valence-corrected chi connectivity index (χ1v) is 10.2. The molecule has 0 radical (unpaired) electrons. The summed E-state index contributed by atoms with van der Waals surface area (Å²) in [6, 6.07) is 0. The van der Waals surface area contributed by atoms with Crippen molar-refractivity contribution in [3.05, 3.63) is 11.6 Å². The SMILES string of the molecule is C/C(=C\CS(=O)(=O)N1CCN(C)CC1)CB1OC(C)(C)C(C)(C)O1. The van der Waals surface area contributed by atoms with Gasteiger partial charge in [-0.15, -0.1) is 0 Å². The molecule has 2 aliphatic heterocycles. The van der Waals surface area contributed by atoms with Crippen LogP contribution in [0.4, 0.5) is 0 Å². The Morgan fingerprint density at radius 1 is 1.08 bits per heavy atom. The lowest BCUT2D eigenvalue weighted by atomic mass is 9.81. The molecule has 138 valence electrons. The van der Waals surface area contributed by atoms with Crippen molar-refractivity contribution >= 4 is 17.1 Å². The molecule has 2 fully saturated rings. The molecule has 0 aromatic rings. The number of rotatable bonds is 5. The number of sulfonamides is 1. The van der Waals surface area contributed by atoms with Crippen molar-refractivity contribution in [2.75, 3.05) is 39.0 Å². The Morgan fingerprint density at radius 2 is 1.58 bits per heavy atom. The quantitative estimate of drug-likeness (QED) is 0.552. The van der Waals surface area contributed by atoms with Gasteiger partial charge in [-0.25, -0.2) is 8.42 Å². The molecule has 0 aromatic carbocycles. The summed E-state index contributed by atoms with van der Waals surface area (Å²) in [5, 5.41) is 0. The molecule has 0 spiro atoms. The molecule has 2 heterocycles. The van der Waals surface area contributed by atoms with Crippen LogP contribution in [0.15, 0.2) is 11.6 Å². The van der Waals surface area contributed by atoms with E-state index >= 15 is 0 Å². The Kier molecular flexibility index (Phi) is 5.87. The summed E-state index contributed by atoms with van der Waals surface area (Å²) < 4.78 is 38.4. The van der Waals surface area contributed by atoms with Crippen LogP contribution in [0.1, 0.15) is 34.6 Å². The van der Waals surface area contributed by atoms with E-state index in [2.05, 4.69) is 4.90 Å². The lowest BCUT2D eigenvalue weighted by molar-refractivity contribution is 0.00578. The van der Waals surface area contributed by atoms with Gasteiger partial charge in [0.1, 0.15) is 0 Å². The van der Waals surface area contributed by atoms with Crippen molar-refractivity contribution in [2.45, 2.75) is 52.1 Å². The summed E-state index contributed by atoms with van der Waals surface area (Å²) in [4.78, 5) is 2.14. The van der Waals surface area contributed by atoms with Crippen LogP contribution in [-0.4, -0.2) is 74.9 Å². The van der Waals surface area contributed by atoms with Gasteiger partial charge in [0.2, 0.25) is 10.0 Å². The minimum Gasteiger partial charge on any atom is -0.403 e. The molecule has 0 N–H and O–H groups in total. The van der Waals surface area contributed by atoms with Crippen molar-refractivity contribution in [3.8, 4) is 0 Å². The number of piperazine rings is 1. The third-order valence-corrected chi connectivity index (χ3v) is 7.03. The highest BCUT2D eigenvalue weighted by Crippen LogP contribution is 2.38. The highest BCUT2D eigenvalue weighted by atomic mass is 32.2. The monoisotopic (exact) mass is 358 g/mol. The molecule has 0 amide bonds. The normalized spacial score (nSPS) is 26.1. The number of allylic oxidation sites excluding steroid dienone is 1. The molecular formula is C16H31BN2O4S. The van der Waals surface area contributed by atoms with E-state index in [-0.39, 0.29) is 24.1 Å². The number of nitrogens with zero attached hydrogens (tertiary/aromatic N) is 2. The van der Waals surface area contributed by atoms with Crippen molar-refractivity contribution < 1.29 is 17.7 Å². The second-order valence-corrected chi connectivity index (χ2v) is 9.93. The molecule has 2 aliphatic rings. The number of likely N-dealkylation sites (N-methyl/N-ethyl adjacent to an activating group) is 1. The second-order valence-electron chi connectivity index (χ2n) is 7.92. The van der Waals surface area contributed by atoms with Crippen molar-refractivity contribution in [1.82, 2.24) is 9.21 Å². The number of hydrogen-bond acceptors (Lipinski definition) is 5. The summed E-state index contributed by atoms with van der Waals surface area (Å²) >= 11 is 0. The van der Waals surface area contributed by atoms with Gasteiger partial charge in [-0.2, -0.15) is 4.31 Å². The van der Waals surface area contributed by atoms with Crippen LogP contribution >= 0.6 is 0 Å². The third-order valence-electron chi connectivity index (χ3n) is 5.29. The first-order chi connectivity index (χ1) is 10.9. The Bertz CT molecular complexity index is 565. The Balaban J connectivity index is 1.90. The lowest BCUT2D eigenvalue weighted by Gasteiger charge is -2.32. The fourth-order valence-corrected chi connectivity index (χ4v) is 4.24. The summed E-state index contributed by atoms with van der Waals surface area (Å²) in [6.07, 6.45) is 2.38. The maximum absolute atomic E-state index is 12.4. The van der Waals surface area contributed by atoms with E-state index in [4.69, 9.17) is 9.31 Å². The average molecular weight is 358 g/mol. The van der Waals surface area contributed by atoms with Gasteiger partial charge in [-0.05, 0) is 41.7 Å². The van der Waals surface area contributed by atoms with Crippen molar-refractivity contribution in [3.63, 3.8) is 0 Å². The molecule has 2 saturated heterocycles. The maximum atomic E-state index is 12.4. The standard InChI is InChI=1S/C16H31BN2O4S/c1-14(13-17-22-15(2,3)16(4,5)23-17)7-12-24(20,21)19-10-8-18(6)9-11-19/h7H,8-13H2,1-6H3/b14-7+. The van der Waals surface area contributed by atoms with Gasteiger partial charge < -0.3 is 14.2 Å². The maximum Gasteiger partial charge on any atom is 0.462 e. The van der Waals surface area contributed by atoms with Gasteiger partial charge in [0.05, 0.1) is 17.0 Å². The zero-order chi connectivity index (χ0) is 18.2. The van der Waals surface area contributed by atoms with Crippen LogP contribution in [0.5, 0.6) is 0 Å². The molecule has 0 aromatic heterocycles. The highest BCUT2D eigenvalue weighted by molar-refractivity contribution is 7.89. The zero-order valence-corrected chi connectivity index (χ0v) is 16.6. The molecule has 0 saturated carbocycles. The first-order valence-electron chi connectivity index (χ1n) is 8.61. The molecular weight excluding hydrogens is 327 g/mol. The van der Waals surface area contributed by atoms with E-state index < -0.39 is 10.0 Å². The Hall–Kier alpha value is -0.405. The van der Waals surface area contributed by atoms with Gasteiger partial charge in [-0.1, -0.05) is 11.6 Å². The summed E-state index contributed by atoms with van der Waals surface area (Å²) in [7, 11) is -1.54. The minimum atomic E-state index is -3.23. The van der Waals surface area contributed by atoms with Gasteiger partial charge >= 0.3 is 7.12 Å². The average Bonchev–Trinajstić information content (AvgIpc) is 2.64. The second kappa shape index (κ2) is 7.07. The van der Waals surface area contributed by atoms with E-state index in [1.54, 1.807) is 10.4 Å². The van der Waals surface area contributed by atoms with Crippen LogP contribution < -0.4 is 0 Å². The summed E-state index contributed by atoms with van der Waals surface area (Å²) in [5.41, 5.74) is 0.263. The molecule has 0 bridgehead atoms. The van der Waals surface area contributed by atoms with Crippen molar-refractivity contribution in [1.29, 1.82) is 0 Å². The predicted octanol–water partition coefficient (Wildman–Crippen LogP) is 1.60. The smallest absolute Gasteiger partial charge is 0.403 e. The number of hydrogen-bond donors (Lipinski definition) is 0. The van der Waals surface area contributed by atoms with E-state index in [0.717, 1.165) is 18.7 Å². The molecule has 2 rings (SSSR count). The fraction of sp³-hybridized carbons (Fsp3) is 0.875. The van der Waals surface area contributed by atoms with Gasteiger partial charge in [0.25, 0.3) is 0 Å². The summed E-state index contributed by atoms with van der Waals surface area (Å²) in [6.45, 7) is 12.7. The van der Waals surface area contributed by atoms with Crippen LogP contribution in [-0.2, 0) is 19.3 Å². The van der Waals surface area contributed by atoms with Crippen LogP contribution in [0.25, 0.3) is 0 Å². The zero-order valence-electron chi connectivity index (χ0n) is 15.8. The lowest BCUT2D eigenvalue weighted by Crippen LogP contribution is -2.47. The molecule has 24 heavy (non-hydrogen) atoms. The van der Waals surface area contributed by atoms with Crippen LogP contribution in [0.3, 0.4) is 0 Å². The van der Waals surface area contributed by atoms with Crippen molar-refractivity contribution in [2.24, 2.45) is 0 Å². The van der Waals surface area contributed by atoms with E-state index in [9.17, 15) is 8.42 Å². The highest BCUT2D eigenvalue weighted by Gasteiger charge is 2.50. The van der Waals surface area contributed by atoms with Gasteiger partial charge in [-0.3, -0.25) is 0 Å². The fourth-order valence-electron chi connectivity index (χ4n) is 2.81. The predicted molar refractivity (Wildman–Crippen MR) is 97.5 cm³/mol. The third kappa shape index (κ3) is 4.61. The topological polar surface area (TPSA) is 59.1 Å². The first kappa shape index (κ1) is 19.9. The minimum absolute atomic E-state index is 0.0437. The van der Waals surface area contributed by atoms with E-state index in [1.165, 1.54) is 0 Å².